The summed E-state index contributed by atoms with van der Waals surface area (Å²) in [4.78, 5) is 46.8. The summed E-state index contributed by atoms with van der Waals surface area (Å²) >= 11 is 2.23. The Labute approximate surface area is 199 Å². The molecule has 1 saturated heterocycles. The average Bonchev–Trinajstić information content (AvgIpc) is 3.38. The second-order valence-electron chi connectivity index (χ2n) is 7.08. The molecule has 0 radical (unpaired) electrons. The van der Waals surface area contributed by atoms with Crippen molar-refractivity contribution in [3.8, 4) is 0 Å². The first-order valence-electron chi connectivity index (χ1n) is 10.2. The van der Waals surface area contributed by atoms with E-state index in [0.29, 0.717) is 11.4 Å². The first-order chi connectivity index (χ1) is 16.1. The Kier molecular flexibility index (Phi) is 7.59. The predicted octanol–water partition coefficient (Wildman–Crippen LogP) is 3.27. The van der Waals surface area contributed by atoms with Gasteiger partial charge in [0.1, 0.15) is 0 Å². The summed E-state index contributed by atoms with van der Waals surface area (Å²) in [7, 11) is 0. The number of hydrogen-bond donors (Lipinski definition) is 1. The second kappa shape index (κ2) is 11.0. The van der Waals surface area contributed by atoms with Crippen LogP contribution < -0.4 is 5.32 Å². The molecule has 1 aliphatic rings. The highest BCUT2D eigenvalue weighted by atomic mass is 32.2. The van der Waals surface area contributed by atoms with Gasteiger partial charge in [-0.05, 0) is 35.0 Å². The van der Waals surface area contributed by atoms with Crippen LogP contribution >= 0.6 is 23.5 Å². The number of nitrogens with one attached hydrogen (secondary N) is 1. The molecule has 168 valence electrons. The number of amides is 3. The van der Waals surface area contributed by atoms with Crippen LogP contribution in [0.5, 0.6) is 0 Å². The van der Waals surface area contributed by atoms with Crippen LogP contribution in [0.3, 0.4) is 0 Å². The van der Waals surface area contributed by atoms with Gasteiger partial charge in [-0.25, -0.2) is 4.98 Å². The van der Waals surface area contributed by atoms with E-state index in [1.54, 1.807) is 30.7 Å². The fourth-order valence-corrected chi connectivity index (χ4v) is 4.78. The molecule has 0 spiro atoms. The molecule has 2 aromatic heterocycles. The smallest absolute Gasteiger partial charge is 0.293 e. The molecule has 33 heavy (non-hydrogen) atoms. The highest BCUT2D eigenvalue weighted by Crippen LogP contribution is 2.31. The molecule has 0 unspecified atom stereocenters. The summed E-state index contributed by atoms with van der Waals surface area (Å²) in [6.45, 7) is 0.987. The molecule has 4 rings (SSSR count). The zero-order chi connectivity index (χ0) is 23.0. The summed E-state index contributed by atoms with van der Waals surface area (Å²) in [5.41, 5.74) is 1.90. The van der Waals surface area contributed by atoms with Crippen LogP contribution in [0.25, 0.3) is 6.08 Å². The van der Waals surface area contributed by atoms with Gasteiger partial charge in [-0.2, -0.15) is 0 Å². The van der Waals surface area contributed by atoms with E-state index in [-0.39, 0.29) is 35.9 Å². The van der Waals surface area contributed by atoms with Crippen molar-refractivity contribution in [2.45, 2.75) is 11.7 Å². The number of aromatic nitrogens is 3. The number of hydrogen-bond acceptors (Lipinski definition) is 7. The molecule has 3 aromatic rings. The fraction of sp³-hybridized carbons (Fsp3) is 0.174. The molecule has 1 N–H and O–H groups in total. The molecule has 1 aromatic carbocycles. The Balaban J connectivity index is 1.23. The zero-order valence-electron chi connectivity index (χ0n) is 17.6. The van der Waals surface area contributed by atoms with E-state index < -0.39 is 0 Å². The van der Waals surface area contributed by atoms with Crippen molar-refractivity contribution in [1.82, 2.24) is 24.8 Å². The number of pyridine rings is 1. The molecule has 0 aliphatic carbocycles. The predicted molar refractivity (Wildman–Crippen MR) is 128 cm³/mol. The number of nitrogens with zero attached hydrogens (tertiary/aromatic N) is 4. The maximum atomic E-state index is 12.5. The molecule has 10 heteroatoms. The number of benzene rings is 1. The van der Waals surface area contributed by atoms with Gasteiger partial charge in [-0.15, -0.1) is 0 Å². The topological polar surface area (TPSA) is 97.2 Å². The van der Waals surface area contributed by atoms with Gasteiger partial charge >= 0.3 is 0 Å². The average molecular weight is 480 g/mol. The summed E-state index contributed by atoms with van der Waals surface area (Å²) in [6.07, 6.45) is 8.50. The molecule has 1 aliphatic heterocycles. The highest BCUT2D eigenvalue weighted by Gasteiger charge is 2.34. The Morgan fingerprint density at radius 3 is 2.76 bits per heavy atom. The molecule has 1 fully saturated rings. The molecular weight excluding hydrogens is 458 g/mol. The molecule has 3 heterocycles. The van der Waals surface area contributed by atoms with Gasteiger partial charge in [0.2, 0.25) is 5.91 Å². The third kappa shape index (κ3) is 6.11. The summed E-state index contributed by atoms with van der Waals surface area (Å²) in [5.74, 6) is -0.359. The summed E-state index contributed by atoms with van der Waals surface area (Å²) in [6, 6.07) is 13.6. The maximum Gasteiger partial charge on any atom is 0.293 e. The largest absolute Gasteiger partial charge is 0.354 e. The highest BCUT2D eigenvalue weighted by molar-refractivity contribution is 8.18. The van der Waals surface area contributed by atoms with Gasteiger partial charge in [-0.3, -0.25) is 24.3 Å². The van der Waals surface area contributed by atoms with Gasteiger partial charge in [-0.1, -0.05) is 48.2 Å². The van der Waals surface area contributed by atoms with Crippen molar-refractivity contribution in [3.05, 3.63) is 83.3 Å². The lowest BCUT2D eigenvalue weighted by atomic mass is 10.2. The van der Waals surface area contributed by atoms with Gasteiger partial charge in [0.15, 0.2) is 5.16 Å². The molecule has 8 nitrogen and oxygen atoms in total. The van der Waals surface area contributed by atoms with E-state index in [2.05, 4.69) is 15.3 Å². The third-order valence-electron chi connectivity index (χ3n) is 4.72. The van der Waals surface area contributed by atoms with Crippen LogP contribution in [0.1, 0.15) is 11.1 Å². The van der Waals surface area contributed by atoms with Crippen molar-refractivity contribution in [2.24, 2.45) is 0 Å². The van der Waals surface area contributed by atoms with Crippen LogP contribution in [0.4, 0.5) is 4.79 Å². The van der Waals surface area contributed by atoms with E-state index in [1.807, 2.05) is 47.2 Å². The maximum absolute atomic E-state index is 12.5. The molecule has 0 atom stereocenters. The van der Waals surface area contributed by atoms with Crippen LogP contribution in [-0.4, -0.2) is 55.3 Å². The van der Waals surface area contributed by atoms with Crippen LogP contribution in [0, 0.1) is 0 Å². The molecular formula is C23H21N5O3S2. The van der Waals surface area contributed by atoms with Gasteiger partial charge in [0.25, 0.3) is 11.1 Å². The van der Waals surface area contributed by atoms with E-state index in [9.17, 15) is 14.4 Å². The van der Waals surface area contributed by atoms with Crippen LogP contribution in [-0.2, 0) is 16.1 Å². The number of rotatable bonds is 9. The molecule has 0 saturated carbocycles. The Hall–Kier alpha value is -3.37. The summed E-state index contributed by atoms with van der Waals surface area (Å²) in [5, 5.41) is 3.17. The van der Waals surface area contributed by atoms with E-state index in [1.165, 1.54) is 11.8 Å². The Bertz CT molecular complexity index is 1170. The van der Waals surface area contributed by atoms with Gasteiger partial charge < -0.3 is 9.88 Å². The number of imidazole rings is 1. The number of thioether (sulfide) groups is 2. The Morgan fingerprint density at radius 1 is 1.12 bits per heavy atom. The van der Waals surface area contributed by atoms with Crippen molar-refractivity contribution in [1.29, 1.82) is 0 Å². The van der Waals surface area contributed by atoms with Crippen LogP contribution in [0.2, 0.25) is 0 Å². The Morgan fingerprint density at radius 2 is 1.97 bits per heavy atom. The number of carbonyl (C=O) groups excluding carboxylic acids is 3. The third-order valence-corrected chi connectivity index (χ3v) is 6.63. The first-order valence-corrected chi connectivity index (χ1v) is 12.0. The van der Waals surface area contributed by atoms with Crippen molar-refractivity contribution in [2.75, 3.05) is 18.8 Å². The quantitative estimate of drug-likeness (QED) is 0.372. The SMILES string of the molecule is O=C(CSc1nccn1Cc1ccccc1)NCCN1C(=O)SC(=Cc2cccnc2)C1=O. The lowest BCUT2D eigenvalue weighted by Gasteiger charge is -2.13. The summed E-state index contributed by atoms with van der Waals surface area (Å²) < 4.78 is 1.99. The second-order valence-corrected chi connectivity index (χ2v) is 9.02. The minimum Gasteiger partial charge on any atom is -0.354 e. The standard InChI is InChI=1S/C23H21N5O3S2/c29-20(16-32-22-26-9-11-27(22)15-17-5-2-1-3-6-17)25-10-12-28-21(30)19(33-23(28)31)13-18-7-4-8-24-14-18/h1-9,11,13-14H,10,12,15-16H2,(H,25,29). The van der Waals surface area contributed by atoms with Gasteiger partial charge in [0.05, 0.1) is 10.7 Å². The number of carbonyl (C=O) groups is 3. The normalized spacial score (nSPS) is 14.8. The van der Waals surface area contributed by atoms with E-state index in [4.69, 9.17) is 0 Å². The minimum atomic E-state index is -0.361. The fourth-order valence-electron chi connectivity index (χ4n) is 3.13. The van der Waals surface area contributed by atoms with Gasteiger partial charge in [0, 0.05) is 44.4 Å². The molecule has 3 amide bonds. The lowest BCUT2D eigenvalue weighted by Crippen LogP contribution is -2.37. The number of imide groups is 1. The van der Waals surface area contributed by atoms with E-state index in [0.717, 1.165) is 32.9 Å². The monoisotopic (exact) mass is 479 g/mol. The minimum absolute atomic E-state index is 0.119. The zero-order valence-corrected chi connectivity index (χ0v) is 19.2. The lowest BCUT2D eigenvalue weighted by molar-refractivity contribution is -0.123. The first kappa shape index (κ1) is 22.8. The van der Waals surface area contributed by atoms with E-state index >= 15 is 0 Å². The van der Waals surface area contributed by atoms with Crippen molar-refractivity contribution < 1.29 is 14.4 Å². The van der Waals surface area contributed by atoms with Crippen LogP contribution in [0.15, 0.2) is 77.3 Å². The van der Waals surface area contributed by atoms with Crippen molar-refractivity contribution >= 4 is 46.7 Å². The molecule has 0 bridgehead atoms. The van der Waals surface area contributed by atoms with Crippen molar-refractivity contribution in [3.63, 3.8) is 0 Å².